The van der Waals surface area contributed by atoms with Crippen molar-refractivity contribution in [2.24, 2.45) is 0 Å². The number of hydrogen-bond donors (Lipinski definition) is 1. The van der Waals surface area contributed by atoms with Crippen LogP contribution in [0.25, 0.3) is 0 Å². The third-order valence-electron chi connectivity index (χ3n) is 0.609. The smallest absolute Gasteiger partial charge is 0.108 e. The highest BCUT2D eigenvalue weighted by atomic mass is 16.4. The second-order valence-electron chi connectivity index (χ2n) is 1.78. The van der Waals surface area contributed by atoms with Crippen molar-refractivity contribution in [1.29, 1.82) is 0 Å². The highest BCUT2D eigenvalue weighted by molar-refractivity contribution is 5.64. The Morgan fingerprint density at radius 3 is 2.82 bits per heavy atom. The van der Waals surface area contributed by atoms with Gasteiger partial charge in [0, 0.05) is 12.4 Å². The van der Waals surface area contributed by atoms with Gasteiger partial charge in [0.2, 0.25) is 0 Å². The van der Waals surface area contributed by atoms with Crippen LogP contribution in [0, 0.1) is 0 Å². The number of quaternary nitrogens is 1. The zero-order valence-corrected chi connectivity index (χ0v) is 5.42. The van der Waals surface area contributed by atoms with E-state index >= 15 is 0 Å². The van der Waals surface area contributed by atoms with E-state index in [0.29, 0.717) is 0 Å². The first kappa shape index (κ1) is 2.00. The number of hydrogen-bond acceptors (Lipinski definition) is 3. The van der Waals surface area contributed by atoms with Crippen molar-refractivity contribution in [1.82, 2.24) is 0 Å². The summed E-state index contributed by atoms with van der Waals surface area (Å²) < 4.78 is 84.6. The van der Waals surface area contributed by atoms with Crippen molar-refractivity contribution >= 4 is 5.97 Å². The van der Waals surface area contributed by atoms with E-state index in [1.807, 2.05) is 0 Å². The fraction of sp³-hybridized carbons (Fsp3) is 0.857. The molecule has 0 aromatic heterocycles. The number of carboxylic acids is 1. The molecule has 0 aromatic rings. The minimum absolute atomic E-state index is 1.84. The van der Waals surface area contributed by atoms with Gasteiger partial charge in [-0.05, 0) is 0 Å². The highest BCUT2D eigenvalue weighted by Crippen LogP contribution is 1.97. The molecule has 66 valence electrons. The average molecular weight is 173 g/mol. The second kappa shape index (κ2) is 3.69. The second-order valence-corrected chi connectivity index (χ2v) is 1.78. The molecule has 0 saturated heterocycles. The van der Waals surface area contributed by atoms with Gasteiger partial charge in [-0.25, -0.2) is 0 Å². The molecular formula is C7H15NO3. The summed E-state index contributed by atoms with van der Waals surface area (Å²) in [6.07, 6.45) is -5.76. The van der Waals surface area contributed by atoms with Crippen LogP contribution in [0.5, 0.6) is 0 Å². The number of rotatable bonds is 4. The van der Waals surface area contributed by atoms with E-state index in [-0.39, 0.29) is 0 Å². The molecule has 0 amide bonds. The van der Waals surface area contributed by atoms with E-state index in [4.69, 9.17) is 16.4 Å². The van der Waals surface area contributed by atoms with Gasteiger partial charge >= 0.3 is 0 Å². The molecule has 0 unspecified atom stereocenters. The monoisotopic (exact) mass is 173 g/mol. The minimum atomic E-state index is -4.26. The van der Waals surface area contributed by atoms with Gasteiger partial charge in [0.1, 0.15) is 12.6 Å². The van der Waals surface area contributed by atoms with E-state index in [1.54, 1.807) is 0 Å². The molecule has 0 bridgehead atoms. The maximum atomic E-state index is 10.6. The molecule has 0 radical (unpaired) electrons. The van der Waals surface area contributed by atoms with Gasteiger partial charge in [-0.1, -0.05) is 0 Å². The topological polar surface area (TPSA) is 60.4 Å². The molecule has 0 heterocycles. The Morgan fingerprint density at radius 1 is 1.91 bits per heavy atom. The molecule has 0 fully saturated rings. The molecule has 0 aliphatic carbocycles. The first-order valence-electron chi connectivity index (χ1n) is 8.48. The standard InChI is InChI=1S/C7H15NO3/c1-8(2,3)5-6(9)4-7(10)11/h6,9H,4-5H2,1-3H3/t6-/m0/s1/i1D3,2D3,3D3,5D2,6D. The van der Waals surface area contributed by atoms with Crippen LogP contribution in [0.1, 0.15) is 22.9 Å². The van der Waals surface area contributed by atoms with Gasteiger partial charge in [0.15, 0.2) is 0 Å². The molecule has 0 spiro atoms. The summed E-state index contributed by atoms with van der Waals surface area (Å²) in [5.74, 6) is -2.20. The summed E-state index contributed by atoms with van der Waals surface area (Å²) in [5.41, 5.74) is 0. The summed E-state index contributed by atoms with van der Waals surface area (Å²) >= 11 is 0. The molecule has 0 saturated carbocycles. The van der Waals surface area contributed by atoms with Crippen LogP contribution in [0.15, 0.2) is 0 Å². The van der Waals surface area contributed by atoms with E-state index in [2.05, 4.69) is 0 Å². The van der Waals surface area contributed by atoms with Crippen LogP contribution in [-0.2, 0) is 4.79 Å². The van der Waals surface area contributed by atoms with Crippen molar-refractivity contribution in [3.8, 4) is 0 Å². The van der Waals surface area contributed by atoms with Crippen molar-refractivity contribution < 1.29 is 35.9 Å². The summed E-state index contributed by atoms with van der Waals surface area (Å²) in [4.78, 5) is 10.6. The molecular weight excluding hydrogens is 146 g/mol. The maximum Gasteiger partial charge on any atom is 0.108 e. The molecule has 0 aromatic carbocycles. The summed E-state index contributed by atoms with van der Waals surface area (Å²) in [6.45, 7) is -16.5. The Morgan fingerprint density at radius 2 is 2.45 bits per heavy atom. The lowest BCUT2D eigenvalue weighted by atomic mass is 10.2. The van der Waals surface area contributed by atoms with E-state index in [0.717, 1.165) is 0 Å². The van der Waals surface area contributed by atoms with Gasteiger partial charge in [0.05, 0.1) is 37.4 Å². The van der Waals surface area contributed by atoms with E-state index < -0.39 is 50.4 Å². The molecule has 0 aliphatic rings. The van der Waals surface area contributed by atoms with E-state index in [9.17, 15) is 15.0 Å². The predicted molar refractivity (Wildman–Crippen MR) is 38.5 cm³/mol. The van der Waals surface area contributed by atoms with Crippen LogP contribution in [-0.4, -0.2) is 49.1 Å². The van der Waals surface area contributed by atoms with Gasteiger partial charge in [0.25, 0.3) is 0 Å². The molecule has 11 heavy (non-hydrogen) atoms. The van der Waals surface area contributed by atoms with Crippen molar-refractivity contribution in [3.63, 3.8) is 0 Å². The number of nitrogens with zero attached hydrogens (tertiary/aromatic N) is 1. The zero-order chi connectivity index (χ0) is 19.3. The Bertz CT molecular complexity index is 425. The van der Waals surface area contributed by atoms with Gasteiger partial charge < -0.3 is 19.5 Å². The molecule has 4 nitrogen and oxygen atoms in total. The Kier molecular flexibility index (Phi) is 0.671. The normalized spacial score (nSPS) is 38.3. The minimum Gasteiger partial charge on any atom is -0.550 e. The lowest BCUT2D eigenvalue weighted by molar-refractivity contribution is -0.873. The van der Waals surface area contributed by atoms with Crippen LogP contribution < -0.4 is 5.11 Å². The Hall–Kier alpha value is -0.610. The third kappa shape index (κ3) is 7.29. The lowest BCUT2D eigenvalue weighted by Gasteiger charge is -2.26. The maximum absolute atomic E-state index is 10.6. The number of carbonyl (C=O) groups is 1. The first-order chi connectivity index (χ1) is 9.67. The molecule has 1 N–H and O–H groups in total. The van der Waals surface area contributed by atoms with Crippen molar-refractivity contribution in [2.75, 3.05) is 27.4 Å². The SMILES string of the molecule is [2H]C([2H])([2H])[N+](C([2H])([2H])[2H])(C([2H])([2H])[2H])C([2H])([2H])[C@@]([2H])(O)CC(=O)[O-]. The number of carboxylic acid groups (broad SMARTS) is 1. The first-order valence-corrected chi connectivity index (χ1v) is 2.48. The highest BCUT2D eigenvalue weighted by Gasteiger charge is 2.14. The van der Waals surface area contributed by atoms with Gasteiger partial charge in [-0.15, -0.1) is 0 Å². The molecule has 1 atom stereocenters. The fourth-order valence-electron chi connectivity index (χ4n) is 0.370. The fourth-order valence-corrected chi connectivity index (χ4v) is 0.370. The Balaban J connectivity index is 6.89. The lowest BCUT2D eigenvalue weighted by Crippen LogP contribution is -2.43. The molecule has 0 rings (SSSR count). The predicted octanol–water partition coefficient (Wildman–Crippen LogP) is -1.81. The summed E-state index contributed by atoms with van der Waals surface area (Å²) in [5, 5.41) is 20.3. The largest absolute Gasteiger partial charge is 0.550 e. The van der Waals surface area contributed by atoms with Crippen LogP contribution in [0.4, 0.5) is 0 Å². The quantitative estimate of drug-likeness (QED) is 0.510. The summed E-state index contributed by atoms with van der Waals surface area (Å²) in [7, 11) is 0. The summed E-state index contributed by atoms with van der Waals surface area (Å²) in [6, 6.07) is 0. The third-order valence-corrected chi connectivity index (χ3v) is 0.609. The molecule has 4 heteroatoms. The number of aliphatic hydroxyl groups is 1. The van der Waals surface area contributed by atoms with Gasteiger partial charge in [-0.3, -0.25) is 0 Å². The average Bonchev–Trinajstić information content (AvgIpc) is 2.05. The number of aliphatic carboxylic acids is 1. The van der Waals surface area contributed by atoms with Crippen LogP contribution >= 0.6 is 0 Å². The molecule has 0 aliphatic heterocycles. The van der Waals surface area contributed by atoms with Crippen LogP contribution in [0.3, 0.4) is 0 Å². The number of carbonyl (C=O) groups excluding carboxylic acids is 1. The van der Waals surface area contributed by atoms with Crippen LogP contribution in [0.2, 0.25) is 0 Å². The zero-order valence-electron chi connectivity index (χ0n) is 17.4. The number of likely N-dealkylation sites (N-methyl/N-ethyl adjacent to an activating group) is 1. The van der Waals surface area contributed by atoms with Crippen molar-refractivity contribution in [2.45, 2.75) is 12.5 Å². The van der Waals surface area contributed by atoms with Crippen molar-refractivity contribution in [3.05, 3.63) is 0 Å². The Labute approximate surface area is 83.5 Å². The van der Waals surface area contributed by atoms with E-state index in [1.165, 1.54) is 0 Å². The van der Waals surface area contributed by atoms with Gasteiger partial charge in [-0.2, -0.15) is 0 Å².